The number of halogens is 2. The van der Waals surface area contributed by atoms with Gasteiger partial charge in [0.1, 0.15) is 6.04 Å². The van der Waals surface area contributed by atoms with Gasteiger partial charge in [-0.25, -0.2) is 13.6 Å². The molecule has 1 aromatic rings. The molecule has 1 heterocycles. The largest absolute Gasteiger partial charge is 0.378 e. The molecule has 1 aliphatic heterocycles. The maximum Gasteiger partial charge on any atom is 0.318 e. The van der Waals surface area contributed by atoms with E-state index in [1.54, 1.807) is 36.5 Å². The summed E-state index contributed by atoms with van der Waals surface area (Å²) in [4.78, 5) is 26.7. The van der Waals surface area contributed by atoms with Crippen molar-refractivity contribution in [1.82, 2.24) is 15.1 Å². The first-order chi connectivity index (χ1) is 12.8. The topological polar surface area (TPSA) is 85.7 Å². The average Bonchev–Trinajstić information content (AvgIpc) is 2.67. The third-order valence-corrected chi connectivity index (χ3v) is 4.18. The number of benzene rings is 1. The van der Waals surface area contributed by atoms with Crippen LogP contribution in [0.15, 0.2) is 30.3 Å². The van der Waals surface area contributed by atoms with Gasteiger partial charge in [0.2, 0.25) is 0 Å². The molecule has 1 aromatic carbocycles. The number of alkyl halides is 2. The summed E-state index contributed by atoms with van der Waals surface area (Å²) in [5.41, 5.74) is 0.418. The zero-order valence-corrected chi connectivity index (χ0v) is 15.0. The summed E-state index contributed by atoms with van der Waals surface area (Å²) >= 11 is 0. The van der Waals surface area contributed by atoms with E-state index in [0.29, 0.717) is 36.8 Å². The summed E-state index contributed by atoms with van der Waals surface area (Å²) < 4.78 is 34.2. The maximum atomic E-state index is 14.5. The summed E-state index contributed by atoms with van der Waals surface area (Å²) in [5, 5.41) is 11.3. The molecule has 1 saturated heterocycles. The molecule has 27 heavy (non-hydrogen) atoms. The fourth-order valence-corrected chi connectivity index (χ4v) is 2.76. The molecule has 0 aromatic heterocycles. The van der Waals surface area contributed by atoms with Gasteiger partial charge >= 0.3 is 6.03 Å². The van der Waals surface area contributed by atoms with Crippen molar-refractivity contribution in [2.24, 2.45) is 0 Å². The number of nitrogens with one attached hydrogen (secondary N) is 1. The van der Waals surface area contributed by atoms with Crippen molar-refractivity contribution in [3.05, 3.63) is 35.9 Å². The number of hydrogen-bond donors (Lipinski definition) is 1. The fraction of sp³-hybridized carbons (Fsp3) is 0.500. The second-order valence-electron chi connectivity index (χ2n) is 6.32. The van der Waals surface area contributed by atoms with Gasteiger partial charge in [0, 0.05) is 33.0 Å². The lowest BCUT2D eigenvalue weighted by Crippen LogP contribution is -2.54. The molecule has 3 amide bonds. The lowest BCUT2D eigenvalue weighted by Gasteiger charge is -2.30. The van der Waals surface area contributed by atoms with Crippen molar-refractivity contribution in [2.45, 2.75) is 24.8 Å². The van der Waals surface area contributed by atoms with E-state index in [1.165, 1.54) is 11.9 Å². The summed E-state index contributed by atoms with van der Waals surface area (Å²) in [5.74, 6) is -4.12. The molecule has 0 spiro atoms. The number of hydrogen-bond acceptors (Lipinski definition) is 4. The lowest BCUT2D eigenvalue weighted by atomic mass is 10.00. The number of ether oxygens (including phenoxy) is 1. The fourth-order valence-electron chi connectivity index (χ4n) is 2.76. The number of nitrogens with zero attached hydrogens (tertiary/aromatic N) is 3. The lowest BCUT2D eigenvalue weighted by molar-refractivity contribution is -0.132. The van der Waals surface area contributed by atoms with Gasteiger partial charge < -0.3 is 15.0 Å². The van der Waals surface area contributed by atoms with Gasteiger partial charge in [-0.1, -0.05) is 30.3 Å². The van der Waals surface area contributed by atoms with Crippen LogP contribution in [0.4, 0.5) is 13.6 Å². The predicted octanol–water partition coefficient (Wildman–Crippen LogP) is 1.60. The van der Waals surface area contributed by atoms with Gasteiger partial charge in [-0.2, -0.15) is 5.26 Å². The number of nitriles is 1. The molecule has 0 saturated carbocycles. The Kier molecular flexibility index (Phi) is 7.07. The molecule has 1 aliphatic rings. The van der Waals surface area contributed by atoms with Crippen LogP contribution in [0.3, 0.4) is 0 Å². The second-order valence-corrected chi connectivity index (χ2v) is 6.32. The third-order valence-electron chi connectivity index (χ3n) is 4.18. The van der Waals surface area contributed by atoms with Crippen LogP contribution >= 0.6 is 0 Å². The zero-order chi connectivity index (χ0) is 19.9. The van der Waals surface area contributed by atoms with Crippen LogP contribution in [0, 0.1) is 11.5 Å². The Morgan fingerprint density at radius 1 is 1.33 bits per heavy atom. The molecule has 1 fully saturated rings. The normalized spacial score (nSPS) is 15.6. The first-order valence-corrected chi connectivity index (χ1v) is 8.54. The summed E-state index contributed by atoms with van der Waals surface area (Å²) in [7, 11) is 1.17. The number of rotatable bonds is 6. The molecular formula is C18H22F2N4O3. The predicted molar refractivity (Wildman–Crippen MR) is 92.8 cm³/mol. The molecule has 7 nitrogen and oxygen atoms in total. The minimum Gasteiger partial charge on any atom is -0.378 e. The number of carbonyl (C=O) groups excluding carboxylic acids is 2. The number of urea groups is 1. The SMILES string of the molecule is CN(C#N)C(=O)[C@H](CC(F)(F)Cc1ccccc1)NC(=O)N1CCOCC1. The highest BCUT2D eigenvalue weighted by molar-refractivity contribution is 5.87. The van der Waals surface area contributed by atoms with E-state index in [4.69, 9.17) is 10.00 Å². The Morgan fingerprint density at radius 2 is 1.96 bits per heavy atom. The highest BCUT2D eigenvalue weighted by Crippen LogP contribution is 2.26. The van der Waals surface area contributed by atoms with Crippen molar-refractivity contribution in [1.29, 1.82) is 5.26 Å². The van der Waals surface area contributed by atoms with E-state index in [2.05, 4.69) is 5.32 Å². The van der Waals surface area contributed by atoms with Crippen molar-refractivity contribution in [2.75, 3.05) is 33.4 Å². The van der Waals surface area contributed by atoms with Crippen molar-refractivity contribution in [3.8, 4) is 6.19 Å². The Hall–Kier alpha value is -2.73. The monoisotopic (exact) mass is 380 g/mol. The second kappa shape index (κ2) is 9.28. The number of likely N-dealkylation sites (N-methyl/N-ethyl adjacent to an activating group) is 1. The van der Waals surface area contributed by atoms with Gasteiger partial charge in [0.25, 0.3) is 11.8 Å². The molecular weight excluding hydrogens is 358 g/mol. The molecule has 9 heteroatoms. The van der Waals surface area contributed by atoms with Crippen LogP contribution < -0.4 is 5.32 Å². The van der Waals surface area contributed by atoms with E-state index < -0.39 is 36.7 Å². The summed E-state index contributed by atoms with van der Waals surface area (Å²) in [6.45, 7) is 1.30. The molecule has 1 N–H and O–H groups in total. The van der Waals surface area contributed by atoms with Crippen LogP contribution in [0.1, 0.15) is 12.0 Å². The van der Waals surface area contributed by atoms with Crippen LogP contribution in [0.5, 0.6) is 0 Å². The van der Waals surface area contributed by atoms with Crippen LogP contribution in [0.2, 0.25) is 0 Å². The Morgan fingerprint density at radius 3 is 2.56 bits per heavy atom. The van der Waals surface area contributed by atoms with E-state index in [1.807, 2.05) is 0 Å². The Bertz CT molecular complexity index is 688. The summed E-state index contributed by atoms with van der Waals surface area (Å²) in [6.07, 6.45) is 0.119. The maximum absolute atomic E-state index is 14.5. The first kappa shape index (κ1) is 20.6. The molecule has 0 radical (unpaired) electrons. The number of amides is 3. The molecule has 0 aliphatic carbocycles. The number of morpholine rings is 1. The minimum atomic E-state index is -3.24. The van der Waals surface area contributed by atoms with Gasteiger partial charge in [0.15, 0.2) is 6.19 Å². The average molecular weight is 380 g/mol. The first-order valence-electron chi connectivity index (χ1n) is 8.54. The molecule has 2 rings (SSSR count). The molecule has 1 atom stereocenters. The quantitative estimate of drug-likeness (QED) is 0.600. The van der Waals surface area contributed by atoms with Crippen LogP contribution in [-0.2, 0) is 16.0 Å². The minimum absolute atomic E-state index is 0.307. The van der Waals surface area contributed by atoms with Gasteiger partial charge in [-0.15, -0.1) is 0 Å². The third kappa shape index (κ3) is 6.18. The van der Waals surface area contributed by atoms with Crippen LogP contribution in [0.25, 0.3) is 0 Å². The Balaban J connectivity index is 2.10. The number of carbonyl (C=O) groups is 2. The smallest absolute Gasteiger partial charge is 0.318 e. The molecule has 0 unspecified atom stereocenters. The van der Waals surface area contributed by atoms with Crippen LogP contribution in [-0.4, -0.2) is 67.1 Å². The van der Waals surface area contributed by atoms with Gasteiger partial charge in [0.05, 0.1) is 13.2 Å². The van der Waals surface area contributed by atoms with E-state index in [0.717, 1.165) is 0 Å². The van der Waals surface area contributed by atoms with Gasteiger partial charge in [-0.3, -0.25) is 9.69 Å². The highest BCUT2D eigenvalue weighted by Gasteiger charge is 2.38. The highest BCUT2D eigenvalue weighted by atomic mass is 19.3. The van der Waals surface area contributed by atoms with Crippen molar-refractivity contribution in [3.63, 3.8) is 0 Å². The van der Waals surface area contributed by atoms with E-state index in [9.17, 15) is 18.4 Å². The zero-order valence-electron chi connectivity index (χ0n) is 15.0. The van der Waals surface area contributed by atoms with Crippen molar-refractivity contribution >= 4 is 11.9 Å². The van der Waals surface area contributed by atoms with Gasteiger partial charge in [-0.05, 0) is 5.56 Å². The van der Waals surface area contributed by atoms with Crippen molar-refractivity contribution < 1.29 is 23.1 Å². The molecule has 146 valence electrons. The molecule has 0 bridgehead atoms. The van der Waals surface area contributed by atoms with E-state index in [-0.39, 0.29) is 0 Å². The standard InChI is InChI=1S/C18H22F2N4O3/c1-23(13-21)16(25)15(22-17(26)24-7-9-27-10-8-24)12-18(19,20)11-14-5-3-2-4-6-14/h2-6,15H,7-12H2,1H3,(H,22,26)/t15-/m0/s1. The Labute approximate surface area is 156 Å². The summed E-state index contributed by atoms with van der Waals surface area (Å²) in [6, 6.07) is 6.02. The van der Waals surface area contributed by atoms with E-state index >= 15 is 0 Å².